The average molecular weight is 338 g/mol. The predicted molar refractivity (Wildman–Crippen MR) is 96.9 cm³/mol. The number of hydrogen-bond donors (Lipinski definition) is 1. The number of nitrogens with one attached hydrogen (secondary N) is 1. The predicted octanol–water partition coefficient (Wildman–Crippen LogP) is 3.13. The fourth-order valence-corrected chi connectivity index (χ4v) is 2.51. The van der Waals surface area contributed by atoms with Crippen molar-refractivity contribution in [2.75, 3.05) is 13.2 Å². The molecule has 1 aromatic carbocycles. The molecule has 2 heterocycles. The number of aryl methyl sites for hydroxylation is 1. The van der Waals surface area contributed by atoms with Gasteiger partial charge in [0.15, 0.2) is 5.65 Å². The number of pyridine rings is 1. The zero-order valence-corrected chi connectivity index (χ0v) is 14.7. The lowest BCUT2D eigenvalue weighted by molar-refractivity contribution is 0.0947. The number of hydrogen-bond acceptors (Lipinski definition) is 4. The highest BCUT2D eigenvalue weighted by atomic mass is 16.5. The number of nitrogens with zero attached hydrogens (tertiary/aromatic N) is 3. The molecule has 3 aromatic rings. The maximum atomic E-state index is 12.3. The summed E-state index contributed by atoms with van der Waals surface area (Å²) in [4.78, 5) is 16.6. The van der Waals surface area contributed by atoms with Crippen molar-refractivity contribution in [3.63, 3.8) is 0 Å². The van der Waals surface area contributed by atoms with Gasteiger partial charge in [-0.05, 0) is 39.0 Å². The normalized spacial score (nSPS) is 11.0. The van der Waals surface area contributed by atoms with E-state index >= 15 is 0 Å². The molecule has 0 aliphatic heterocycles. The van der Waals surface area contributed by atoms with E-state index in [2.05, 4.69) is 15.4 Å². The minimum Gasteiger partial charge on any atom is -0.492 e. The molecule has 0 radical (unpaired) electrons. The summed E-state index contributed by atoms with van der Waals surface area (Å²) in [5, 5.41) is 8.02. The monoisotopic (exact) mass is 338 g/mol. The van der Waals surface area contributed by atoms with E-state index in [1.165, 1.54) is 5.56 Å². The molecule has 6 nitrogen and oxygen atoms in total. The van der Waals surface area contributed by atoms with Gasteiger partial charge in [-0.15, -0.1) is 0 Å². The van der Waals surface area contributed by atoms with E-state index in [9.17, 15) is 4.79 Å². The van der Waals surface area contributed by atoms with Gasteiger partial charge in [0.2, 0.25) is 0 Å². The molecule has 0 unspecified atom stereocenters. The van der Waals surface area contributed by atoms with Gasteiger partial charge in [0.05, 0.1) is 18.3 Å². The molecule has 25 heavy (non-hydrogen) atoms. The van der Waals surface area contributed by atoms with Crippen molar-refractivity contribution in [2.24, 2.45) is 0 Å². The Morgan fingerprint density at radius 1 is 1.24 bits per heavy atom. The van der Waals surface area contributed by atoms with Crippen molar-refractivity contribution >= 4 is 16.9 Å². The van der Waals surface area contributed by atoms with Crippen molar-refractivity contribution in [3.8, 4) is 5.75 Å². The molecule has 0 saturated heterocycles. The summed E-state index contributed by atoms with van der Waals surface area (Å²) in [7, 11) is 0. The smallest absolute Gasteiger partial charge is 0.252 e. The summed E-state index contributed by atoms with van der Waals surface area (Å²) in [6, 6.07) is 9.86. The quantitative estimate of drug-likeness (QED) is 0.701. The number of carbonyl (C=O) groups excluding carboxylic acids is 1. The van der Waals surface area contributed by atoms with E-state index in [4.69, 9.17) is 4.74 Å². The number of aromatic nitrogens is 3. The molecule has 0 bridgehead atoms. The first-order valence-corrected chi connectivity index (χ1v) is 8.35. The molecule has 0 saturated carbocycles. The molecule has 0 atom stereocenters. The van der Waals surface area contributed by atoms with Crippen LogP contribution in [0, 0.1) is 6.92 Å². The van der Waals surface area contributed by atoms with Crippen LogP contribution in [-0.2, 0) is 0 Å². The topological polar surface area (TPSA) is 69.0 Å². The van der Waals surface area contributed by atoms with Crippen LogP contribution in [0.15, 0.2) is 42.7 Å². The van der Waals surface area contributed by atoms with Crippen LogP contribution in [0.2, 0.25) is 0 Å². The second-order valence-electron chi connectivity index (χ2n) is 6.24. The largest absolute Gasteiger partial charge is 0.492 e. The highest BCUT2D eigenvalue weighted by Gasteiger charge is 2.11. The Morgan fingerprint density at radius 3 is 2.72 bits per heavy atom. The van der Waals surface area contributed by atoms with Gasteiger partial charge in [0.1, 0.15) is 12.4 Å². The fourth-order valence-electron chi connectivity index (χ4n) is 2.51. The maximum absolute atomic E-state index is 12.3. The second-order valence-corrected chi connectivity index (χ2v) is 6.24. The number of carbonyl (C=O) groups is 1. The van der Waals surface area contributed by atoms with Gasteiger partial charge in [-0.2, -0.15) is 5.10 Å². The fraction of sp³-hybridized carbons (Fsp3) is 0.316. The van der Waals surface area contributed by atoms with Crippen LogP contribution in [0.4, 0.5) is 0 Å². The first-order valence-electron chi connectivity index (χ1n) is 8.35. The third-order valence-corrected chi connectivity index (χ3v) is 3.86. The van der Waals surface area contributed by atoms with Gasteiger partial charge >= 0.3 is 0 Å². The summed E-state index contributed by atoms with van der Waals surface area (Å²) in [6.45, 7) is 6.96. The van der Waals surface area contributed by atoms with Gasteiger partial charge in [-0.3, -0.25) is 4.79 Å². The zero-order valence-electron chi connectivity index (χ0n) is 14.7. The molecule has 130 valence electrons. The summed E-state index contributed by atoms with van der Waals surface area (Å²) >= 11 is 0. The Labute approximate surface area is 146 Å². The number of fused-ring (bicyclic) bond motifs is 1. The lowest BCUT2D eigenvalue weighted by atomic mass is 10.2. The van der Waals surface area contributed by atoms with Crippen molar-refractivity contribution in [2.45, 2.75) is 26.8 Å². The maximum Gasteiger partial charge on any atom is 0.252 e. The molecule has 0 spiro atoms. The Hall–Kier alpha value is -2.89. The number of ether oxygens (including phenoxy) is 1. The molecule has 0 aliphatic carbocycles. The molecule has 1 N–H and O–H groups in total. The second kappa shape index (κ2) is 7.34. The van der Waals surface area contributed by atoms with E-state index in [0.29, 0.717) is 18.7 Å². The van der Waals surface area contributed by atoms with E-state index in [1.54, 1.807) is 12.4 Å². The lowest BCUT2D eigenvalue weighted by Gasteiger charge is -2.09. The Bertz CT molecular complexity index is 869. The van der Waals surface area contributed by atoms with E-state index < -0.39 is 0 Å². The van der Waals surface area contributed by atoms with Crippen LogP contribution in [0.5, 0.6) is 5.75 Å². The first kappa shape index (κ1) is 17.0. The zero-order chi connectivity index (χ0) is 17.8. The number of amides is 1. The number of benzene rings is 1. The van der Waals surface area contributed by atoms with Crippen molar-refractivity contribution in [1.29, 1.82) is 0 Å². The minimum atomic E-state index is -0.167. The van der Waals surface area contributed by atoms with E-state index in [-0.39, 0.29) is 11.9 Å². The third-order valence-electron chi connectivity index (χ3n) is 3.86. The SMILES string of the molecule is Cc1ccc(OCCNC(=O)c2cnc3c(cnn3C(C)C)c2)cc1. The molecule has 1 amide bonds. The molecule has 0 fully saturated rings. The van der Waals surface area contributed by atoms with Crippen LogP contribution in [0.25, 0.3) is 11.0 Å². The van der Waals surface area contributed by atoms with Crippen LogP contribution in [0.1, 0.15) is 35.8 Å². The summed E-state index contributed by atoms with van der Waals surface area (Å²) in [6.07, 6.45) is 3.32. The molecule has 6 heteroatoms. The molecule has 0 aliphatic rings. The summed E-state index contributed by atoms with van der Waals surface area (Å²) < 4.78 is 7.44. The van der Waals surface area contributed by atoms with Crippen LogP contribution in [-0.4, -0.2) is 33.8 Å². The van der Waals surface area contributed by atoms with Crippen LogP contribution in [0.3, 0.4) is 0 Å². The van der Waals surface area contributed by atoms with Crippen LogP contribution >= 0.6 is 0 Å². The van der Waals surface area contributed by atoms with Crippen molar-refractivity contribution in [3.05, 3.63) is 53.9 Å². The van der Waals surface area contributed by atoms with E-state index in [0.717, 1.165) is 16.8 Å². The molecular weight excluding hydrogens is 316 g/mol. The molecule has 2 aromatic heterocycles. The average Bonchev–Trinajstić information content (AvgIpc) is 3.03. The van der Waals surface area contributed by atoms with Gasteiger partial charge in [-0.25, -0.2) is 9.67 Å². The van der Waals surface area contributed by atoms with Crippen LogP contribution < -0.4 is 10.1 Å². The highest BCUT2D eigenvalue weighted by Crippen LogP contribution is 2.16. The van der Waals surface area contributed by atoms with Crippen molar-refractivity contribution in [1.82, 2.24) is 20.1 Å². The highest BCUT2D eigenvalue weighted by molar-refractivity contribution is 5.96. The van der Waals surface area contributed by atoms with Gasteiger partial charge < -0.3 is 10.1 Å². The summed E-state index contributed by atoms with van der Waals surface area (Å²) in [5.74, 6) is 0.628. The molecule has 3 rings (SSSR count). The Kier molecular flexibility index (Phi) is 4.97. The minimum absolute atomic E-state index is 0.167. The van der Waals surface area contributed by atoms with Gasteiger partial charge in [-0.1, -0.05) is 17.7 Å². The Balaban J connectivity index is 1.56. The lowest BCUT2D eigenvalue weighted by Crippen LogP contribution is -2.28. The molecular formula is C19H22N4O2. The van der Waals surface area contributed by atoms with Gasteiger partial charge in [0.25, 0.3) is 5.91 Å². The van der Waals surface area contributed by atoms with E-state index in [1.807, 2.05) is 55.8 Å². The Morgan fingerprint density at radius 2 is 2.00 bits per heavy atom. The number of rotatable bonds is 6. The van der Waals surface area contributed by atoms with Gasteiger partial charge in [0, 0.05) is 17.6 Å². The standard InChI is InChI=1S/C19H22N4O2/c1-13(2)23-18-15(12-22-23)10-16(11-21-18)19(24)20-8-9-25-17-6-4-14(3)5-7-17/h4-7,10-13H,8-9H2,1-3H3,(H,20,24). The third kappa shape index (κ3) is 3.96. The first-order chi connectivity index (χ1) is 12.0. The van der Waals surface area contributed by atoms with Crippen molar-refractivity contribution < 1.29 is 9.53 Å². The summed E-state index contributed by atoms with van der Waals surface area (Å²) in [5.41, 5.74) is 2.49.